The molecule has 0 saturated heterocycles. The van der Waals surface area contributed by atoms with Crippen molar-refractivity contribution in [2.45, 2.75) is 0 Å². The zero-order valence-corrected chi connectivity index (χ0v) is 27.7. The van der Waals surface area contributed by atoms with Crippen LogP contribution in [0.25, 0.3) is 109 Å². The van der Waals surface area contributed by atoms with Crippen LogP contribution in [-0.4, -0.2) is 0 Å². The van der Waals surface area contributed by atoms with Crippen LogP contribution in [0.2, 0.25) is 0 Å². The standard InChI is InChI=1S/C50H30O/c1-2-15-32(16-3-1)46-35-18-6-10-22-39(35)49(40-23-11-7-19-36(40)46)50-41-24-12-8-20-37(41)47(38-21-9-13-25-42(38)50)33-26-28-43-45(30-33)51-44-29-27-31-14-4-5-17-34(31)48(43)44/h1-30H. The summed E-state index contributed by atoms with van der Waals surface area (Å²) in [5.74, 6) is 0. The summed E-state index contributed by atoms with van der Waals surface area (Å²) in [7, 11) is 0. The normalized spacial score (nSPS) is 11.9. The summed E-state index contributed by atoms with van der Waals surface area (Å²) in [6.07, 6.45) is 0. The number of fused-ring (bicyclic) bond motifs is 9. The molecule has 0 unspecified atom stereocenters. The molecule has 1 heteroatoms. The maximum atomic E-state index is 6.58. The molecule has 11 rings (SSSR count). The molecule has 0 aliphatic carbocycles. The van der Waals surface area contributed by atoms with Gasteiger partial charge in [0.05, 0.1) is 0 Å². The lowest BCUT2D eigenvalue weighted by Crippen LogP contribution is -1.94. The van der Waals surface area contributed by atoms with Crippen LogP contribution < -0.4 is 0 Å². The molecular formula is C50H30O. The quantitative estimate of drug-likeness (QED) is 0.174. The van der Waals surface area contributed by atoms with Gasteiger partial charge in [0.15, 0.2) is 0 Å². The lowest BCUT2D eigenvalue weighted by Gasteiger charge is -2.22. The van der Waals surface area contributed by atoms with Gasteiger partial charge in [0.25, 0.3) is 0 Å². The van der Waals surface area contributed by atoms with Crippen LogP contribution in [0.15, 0.2) is 186 Å². The van der Waals surface area contributed by atoms with Crippen LogP contribution in [-0.2, 0) is 0 Å². The van der Waals surface area contributed by atoms with E-state index in [-0.39, 0.29) is 0 Å². The molecule has 10 aromatic carbocycles. The van der Waals surface area contributed by atoms with E-state index in [9.17, 15) is 0 Å². The van der Waals surface area contributed by atoms with Crippen molar-refractivity contribution in [2.75, 3.05) is 0 Å². The van der Waals surface area contributed by atoms with Crippen LogP contribution in [0.4, 0.5) is 0 Å². The van der Waals surface area contributed by atoms with E-state index < -0.39 is 0 Å². The Hall–Kier alpha value is -6.70. The Labute approximate surface area is 294 Å². The molecule has 0 amide bonds. The van der Waals surface area contributed by atoms with Gasteiger partial charge in [-0.1, -0.05) is 164 Å². The van der Waals surface area contributed by atoms with Gasteiger partial charge in [-0.3, -0.25) is 0 Å². The Morgan fingerprint density at radius 2 is 0.686 bits per heavy atom. The maximum absolute atomic E-state index is 6.58. The zero-order chi connectivity index (χ0) is 33.5. The first-order chi connectivity index (χ1) is 25.3. The molecule has 11 aromatic rings. The third kappa shape index (κ3) is 4.09. The van der Waals surface area contributed by atoms with E-state index in [2.05, 4.69) is 182 Å². The van der Waals surface area contributed by atoms with E-state index in [0.29, 0.717) is 0 Å². The first-order valence-corrected chi connectivity index (χ1v) is 17.6. The van der Waals surface area contributed by atoms with Gasteiger partial charge in [-0.05, 0) is 105 Å². The van der Waals surface area contributed by atoms with Crippen molar-refractivity contribution in [1.29, 1.82) is 0 Å². The Bertz CT molecular complexity index is 3070. The van der Waals surface area contributed by atoms with Crippen molar-refractivity contribution < 1.29 is 4.42 Å². The average molecular weight is 647 g/mol. The van der Waals surface area contributed by atoms with E-state index in [0.717, 1.165) is 22.1 Å². The Kier molecular flexibility index (Phi) is 6.02. The van der Waals surface area contributed by atoms with E-state index in [1.807, 2.05) is 0 Å². The molecule has 1 heterocycles. The van der Waals surface area contributed by atoms with Crippen molar-refractivity contribution >= 4 is 75.8 Å². The third-order valence-corrected chi connectivity index (χ3v) is 10.8. The molecule has 1 aromatic heterocycles. The zero-order valence-electron chi connectivity index (χ0n) is 27.7. The van der Waals surface area contributed by atoms with E-state index in [4.69, 9.17) is 4.42 Å². The Morgan fingerprint density at radius 3 is 1.22 bits per heavy atom. The summed E-state index contributed by atoms with van der Waals surface area (Å²) < 4.78 is 6.58. The first kappa shape index (κ1) is 28.2. The summed E-state index contributed by atoms with van der Waals surface area (Å²) in [5.41, 5.74) is 9.27. The summed E-state index contributed by atoms with van der Waals surface area (Å²) in [6.45, 7) is 0. The fourth-order valence-corrected chi connectivity index (χ4v) is 8.72. The highest BCUT2D eigenvalue weighted by atomic mass is 16.3. The van der Waals surface area contributed by atoms with Gasteiger partial charge in [0.2, 0.25) is 0 Å². The van der Waals surface area contributed by atoms with Gasteiger partial charge in [-0.25, -0.2) is 0 Å². The Morgan fingerprint density at radius 1 is 0.255 bits per heavy atom. The second-order valence-corrected chi connectivity index (χ2v) is 13.5. The van der Waals surface area contributed by atoms with Gasteiger partial charge < -0.3 is 4.42 Å². The molecule has 0 N–H and O–H groups in total. The third-order valence-electron chi connectivity index (χ3n) is 10.8. The first-order valence-electron chi connectivity index (χ1n) is 17.6. The minimum Gasteiger partial charge on any atom is -0.456 e. The van der Waals surface area contributed by atoms with Gasteiger partial charge >= 0.3 is 0 Å². The summed E-state index contributed by atoms with van der Waals surface area (Å²) in [6, 6.07) is 66.2. The van der Waals surface area contributed by atoms with E-state index in [1.165, 1.54) is 87.1 Å². The van der Waals surface area contributed by atoms with Crippen LogP contribution in [0, 0.1) is 0 Å². The molecule has 0 saturated carbocycles. The largest absolute Gasteiger partial charge is 0.456 e. The van der Waals surface area contributed by atoms with Crippen molar-refractivity contribution in [3.05, 3.63) is 182 Å². The number of benzene rings is 10. The molecule has 0 spiro atoms. The van der Waals surface area contributed by atoms with Gasteiger partial charge in [-0.2, -0.15) is 0 Å². The molecule has 0 aliphatic heterocycles. The predicted octanol–water partition coefficient (Wildman–Crippen LogP) is 14.4. The highest BCUT2D eigenvalue weighted by Gasteiger charge is 2.22. The molecule has 0 atom stereocenters. The number of hydrogen-bond donors (Lipinski definition) is 0. The van der Waals surface area contributed by atoms with Gasteiger partial charge in [0, 0.05) is 10.8 Å². The second kappa shape index (κ2) is 10.9. The number of rotatable bonds is 3. The fourth-order valence-electron chi connectivity index (χ4n) is 8.72. The molecule has 0 fully saturated rings. The van der Waals surface area contributed by atoms with E-state index >= 15 is 0 Å². The topological polar surface area (TPSA) is 13.1 Å². The lowest BCUT2D eigenvalue weighted by atomic mass is 9.81. The SMILES string of the molecule is c1ccc(-c2c3ccccc3c(-c3c4ccccc4c(-c4ccc5c(c4)oc4ccc6ccccc6c45)c4ccccc34)c3ccccc23)cc1. The predicted molar refractivity (Wildman–Crippen MR) is 218 cm³/mol. The molecule has 51 heavy (non-hydrogen) atoms. The van der Waals surface area contributed by atoms with Crippen molar-refractivity contribution in [3.63, 3.8) is 0 Å². The van der Waals surface area contributed by atoms with E-state index in [1.54, 1.807) is 0 Å². The molecule has 236 valence electrons. The minimum absolute atomic E-state index is 0.907. The lowest BCUT2D eigenvalue weighted by molar-refractivity contribution is 0.669. The molecule has 1 nitrogen and oxygen atoms in total. The van der Waals surface area contributed by atoms with Crippen LogP contribution in [0.3, 0.4) is 0 Å². The highest BCUT2D eigenvalue weighted by molar-refractivity contribution is 6.30. The Balaban J connectivity index is 1.25. The smallest absolute Gasteiger partial charge is 0.136 e. The van der Waals surface area contributed by atoms with Crippen molar-refractivity contribution in [2.24, 2.45) is 0 Å². The highest BCUT2D eigenvalue weighted by Crippen LogP contribution is 2.50. The summed E-state index contributed by atoms with van der Waals surface area (Å²) in [4.78, 5) is 0. The monoisotopic (exact) mass is 646 g/mol. The molecule has 0 radical (unpaired) electrons. The van der Waals surface area contributed by atoms with Gasteiger partial charge in [0.1, 0.15) is 11.2 Å². The minimum atomic E-state index is 0.907. The molecular weight excluding hydrogens is 617 g/mol. The van der Waals surface area contributed by atoms with Crippen molar-refractivity contribution in [3.8, 4) is 33.4 Å². The van der Waals surface area contributed by atoms with Crippen LogP contribution in [0.1, 0.15) is 0 Å². The van der Waals surface area contributed by atoms with Gasteiger partial charge in [-0.15, -0.1) is 0 Å². The maximum Gasteiger partial charge on any atom is 0.136 e. The molecule has 0 aliphatic rings. The summed E-state index contributed by atoms with van der Waals surface area (Å²) >= 11 is 0. The average Bonchev–Trinajstić information content (AvgIpc) is 3.58. The fraction of sp³-hybridized carbons (Fsp3) is 0. The van der Waals surface area contributed by atoms with Crippen molar-refractivity contribution in [1.82, 2.24) is 0 Å². The second-order valence-electron chi connectivity index (χ2n) is 13.5. The number of furan rings is 1. The summed E-state index contributed by atoms with van der Waals surface area (Å²) in [5, 5.41) is 14.7. The number of hydrogen-bond acceptors (Lipinski definition) is 1. The molecule has 0 bridgehead atoms. The van der Waals surface area contributed by atoms with Crippen LogP contribution >= 0.6 is 0 Å². The van der Waals surface area contributed by atoms with Crippen LogP contribution in [0.5, 0.6) is 0 Å².